The number of aliphatic hydroxyl groups is 2. The lowest BCUT2D eigenvalue weighted by atomic mass is 10.0. The van der Waals surface area contributed by atoms with Crippen molar-refractivity contribution in [3.05, 3.63) is 29.6 Å². The predicted octanol–water partition coefficient (Wildman–Crippen LogP) is 1.25. The van der Waals surface area contributed by atoms with Crippen LogP contribution in [0, 0.1) is 5.82 Å². The first-order valence-electron chi connectivity index (χ1n) is 4.26. The van der Waals surface area contributed by atoms with Crippen LogP contribution >= 0.6 is 0 Å². The lowest BCUT2D eigenvalue weighted by Gasteiger charge is -2.16. The molecule has 0 spiro atoms. The average Bonchev–Trinajstić information content (AvgIpc) is 2.16. The summed E-state index contributed by atoms with van der Waals surface area (Å²) in [6.07, 6.45) is -2.11. The van der Waals surface area contributed by atoms with Gasteiger partial charge in [-0.05, 0) is 25.1 Å². The van der Waals surface area contributed by atoms with E-state index in [4.69, 9.17) is 9.84 Å². The molecule has 0 radical (unpaired) electrons. The number of hydrogen-bond donors (Lipinski definition) is 2. The van der Waals surface area contributed by atoms with Gasteiger partial charge in [0.05, 0.1) is 13.2 Å². The summed E-state index contributed by atoms with van der Waals surface area (Å²) >= 11 is 0. The maximum atomic E-state index is 12.9. The molecule has 2 unspecified atom stereocenters. The third-order valence-electron chi connectivity index (χ3n) is 1.97. The number of aliphatic hydroxyl groups excluding tert-OH is 2. The quantitative estimate of drug-likeness (QED) is 0.772. The van der Waals surface area contributed by atoms with Crippen molar-refractivity contribution in [2.24, 2.45) is 0 Å². The molecule has 0 amide bonds. The SMILES string of the molecule is COc1ccc(F)cc1C(O)C(C)O. The fourth-order valence-corrected chi connectivity index (χ4v) is 1.20. The molecule has 2 atom stereocenters. The number of halogens is 1. The zero-order valence-corrected chi connectivity index (χ0v) is 8.07. The Labute approximate surface area is 81.8 Å². The Morgan fingerprint density at radius 1 is 1.36 bits per heavy atom. The van der Waals surface area contributed by atoms with Crippen LogP contribution in [0.3, 0.4) is 0 Å². The van der Waals surface area contributed by atoms with Gasteiger partial charge in [0.25, 0.3) is 0 Å². The highest BCUT2D eigenvalue weighted by molar-refractivity contribution is 5.36. The third-order valence-corrected chi connectivity index (χ3v) is 1.97. The van der Waals surface area contributed by atoms with Crippen molar-refractivity contribution < 1.29 is 19.3 Å². The monoisotopic (exact) mass is 200 g/mol. The second-order valence-electron chi connectivity index (χ2n) is 3.07. The zero-order valence-electron chi connectivity index (χ0n) is 8.07. The van der Waals surface area contributed by atoms with E-state index in [2.05, 4.69) is 0 Å². The van der Waals surface area contributed by atoms with Crippen LogP contribution < -0.4 is 4.74 Å². The molecule has 0 aliphatic carbocycles. The fraction of sp³-hybridized carbons (Fsp3) is 0.400. The van der Waals surface area contributed by atoms with Gasteiger partial charge in [-0.3, -0.25) is 0 Å². The minimum atomic E-state index is -1.14. The minimum absolute atomic E-state index is 0.252. The molecule has 0 aliphatic rings. The molecule has 78 valence electrons. The first-order chi connectivity index (χ1) is 6.56. The predicted molar refractivity (Wildman–Crippen MR) is 49.6 cm³/mol. The second kappa shape index (κ2) is 4.39. The van der Waals surface area contributed by atoms with Crippen molar-refractivity contribution in [1.82, 2.24) is 0 Å². The van der Waals surface area contributed by atoms with Crippen LogP contribution in [0.1, 0.15) is 18.6 Å². The summed E-state index contributed by atoms with van der Waals surface area (Å²) in [4.78, 5) is 0. The normalized spacial score (nSPS) is 14.9. The molecular weight excluding hydrogens is 187 g/mol. The van der Waals surface area contributed by atoms with Gasteiger partial charge in [-0.25, -0.2) is 4.39 Å². The Kier molecular flexibility index (Phi) is 3.43. The van der Waals surface area contributed by atoms with Gasteiger partial charge >= 0.3 is 0 Å². The molecule has 0 saturated heterocycles. The topological polar surface area (TPSA) is 49.7 Å². The Balaban J connectivity index is 3.10. The van der Waals surface area contributed by atoms with Crippen molar-refractivity contribution in [3.8, 4) is 5.75 Å². The summed E-state index contributed by atoms with van der Waals surface area (Å²) in [5.41, 5.74) is 0.252. The molecule has 2 N–H and O–H groups in total. The van der Waals surface area contributed by atoms with Gasteiger partial charge in [-0.1, -0.05) is 0 Å². The lowest BCUT2D eigenvalue weighted by Crippen LogP contribution is -2.14. The molecule has 0 aromatic heterocycles. The summed E-state index contributed by atoms with van der Waals surface area (Å²) in [5, 5.41) is 18.7. The molecule has 0 bridgehead atoms. The van der Waals surface area contributed by atoms with Gasteiger partial charge in [0.1, 0.15) is 17.7 Å². The van der Waals surface area contributed by atoms with Gasteiger partial charge in [0, 0.05) is 5.56 Å². The van der Waals surface area contributed by atoms with E-state index in [0.717, 1.165) is 6.07 Å². The van der Waals surface area contributed by atoms with Gasteiger partial charge in [-0.15, -0.1) is 0 Å². The molecule has 14 heavy (non-hydrogen) atoms. The van der Waals surface area contributed by atoms with Crippen LogP contribution in [0.15, 0.2) is 18.2 Å². The van der Waals surface area contributed by atoms with Crippen molar-refractivity contribution in [1.29, 1.82) is 0 Å². The maximum Gasteiger partial charge on any atom is 0.124 e. The molecule has 0 heterocycles. The van der Waals surface area contributed by atoms with Gasteiger partial charge in [0.15, 0.2) is 0 Å². The highest BCUT2D eigenvalue weighted by Crippen LogP contribution is 2.27. The van der Waals surface area contributed by atoms with E-state index in [1.807, 2.05) is 0 Å². The van der Waals surface area contributed by atoms with Crippen molar-refractivity contribution >= 4 is 0 Å². The van der Waals surface area contributed by atoms with E-state index < -0.39 is 18.0 Å². The summed E-state index contributed by atoms with van der Waals surface area (Å²) < 4.78 is 17.8. The molecule has 1 aromatic rings. The van der Waals surface area contributed by atoms with Crippen LogP contribution in [0.5, 0.6) is 5.75 Å². The molecule has 4 heteroatoms. The van der Waals surface area contributed by atoms with E-state index in [1.54, 1.807) is 0 Å². The molecule has 1 aromatic carbocycles. The van der Waals surface area contributed by atoms with Crippen LogP contribution in [-0.4, -0.2) is 23.4 Å². The van der Waals surface area contributed by atoms with Gasteiger partial charge < -0.3 is 14.9 Å². The number of benzene rings is 1. The lowest BCUT2D eigenvalue weighted by molar-refractivity contribution is 0.0288. The Morgan fingerprint density at radius 2 is 2.00 bits per heavy atom. The van der Waals surface area contributed by atoms with Gasteiger partial charge in [0.2, 0.25) is 0 Å². The Hall–Kier alpha value is -1.13. The van der Waals surface area contributed by atoms with E-state index >= 15 is 0 Å². The van der Waals surface area contributed by atoms with E-state index in [-0.39, 0.29) is 5.56 Å². The van der Waals surface area contributed by atoms with Crippen molar-refractivity contribution in [3.63, 3.8) is 0 Å². The molecule has 1 rings (SSSR count). The van der Waals surface area contributed by atoms with Crippen LogP contribution in [0.25, 0.3) is 0 Å². The van der Waals surface area contributed by atoms with Crippen molar-refractivity contribution in [2.75, 3.05) is 7.11 Å². The fourth-order valence-electron chi connectivity index (χ4n) is 1.20. The Morgan fingerprint density at radius 3 is 2.50 bits per heavy atom. The largest absolute Gasteiger partial charge is 0.496 e. The van der Waals surface area contributed by atoms with Crippen LogP contribution in [-0.2, 0) is 0 Å². The van der Waals surface area contributed by atoms with E-state index in [0.29, 0.717) is 5.75 Å². The molecule has 0 aliphatic heterocycles. The number of rotatable bonds is 3. The standard InChI is InChI=1S/C10H13FO3/c1-6(12)10(13)8-5-7(11)3-4-9(8)14-2/h3-6,10,12-13H,1-2H3. The molecule has 3 nitrogen and oxygen atoms in total. The van der Waals surface area contributed by atoms with Crippen LogP contribution in [0.4, 0.5) is 4.39 Å². The first-order valence-corrected chi connectivity index (χ1v) is 4.26. The smallest absolute Gasteiger partial charge is 0.124 e. The maximum absolute atomic E-state index is 12.9. The van der Waals surface area contributed by atoms with Crippen molar-refractivity contribution in [2.45, 2.75) is 19.1 Å². The first kappa shape index (κ1) is 10.9. The highest BCUT2D eigenvalue weighted by atomic mass is 19.1. The summed E-state index contributed by atoms with van der Waals surface area (Å²) in [6, 6.07) is 3.80. The summed E-state index contributed by atoms with van der Waals surface area (Å²) in [6.45, 7) is 1.43. The number of ether oxygens (including phenoxy) is 1. The minimum Gasteiger partial charge on any atom is -0.496 e. The average molecular weight is 200 g/mol. The Bertz CT molecular complexity index is 312. The molecule has 0 fully saturated rings. The van der Waals surface area contributed by atoms with Gasteiger partial charge in [-0.2, -0.15) is 0 Å². The van der Waals surface area contributed by atoms with Crippen LogP contribution in [0.2, 0.25) is 0 Å². The second-order valence-corrected chi connectivity index (χ2v) is 3.07. The summed E-state index contributed by atoms with van der Waals surface area (Å²) in [7, 11) is 1.42. The number of hydrogen-bond acceptors (Lipinski definition) is 3. The zero-order chi connectivity index (χ0) is 10.7. The van der Waals surface area contributed by atoms with E-state index in [1.165, 1.54) is 26.2 Å². The molecular formula is C10H13FO3. The number of methoxy groups -OCH3 is 1. The highest BCUT2D eigenvalue weighted by Gasteiger charge is 2.18. The van der Waals surface area contributed by atoms with E-state index in [9.17, 15) is 9.50 Å². The molecule has 0 saturated carbocycles. The third kappa shape index (κ3) is 2.21. The summed E-state index contributed by atoms with van der Waals surface area (Å²) in [5.74, 6) is -0.111.